The minimum absolute atomic E-state index is 0.0536. The molecule has 0 aliphatic rings. The Morgan fingerprint density at radius 1 is 0.638 bits per heavy atom. The Labute approximate surface area is 274 Å². The number of amides is 1. The number of esters is 3. The van der Waals surface area contributed by atoms with Gasteiger partial charge in [0.2, 0.25) is 5.91 Å². The summed E-state index contributed by atoms with van der Waals surface area (Å²) >= 11 is 0. The molecule has 250 valence electrons. The number of benzene rings is 3. The molecule has 0 spiro atoms. The topological polar surface area (TPSA) is 144 Å². The molecule has 0 fully saturated rings. The van der Waals surface area contributed by atoms with Gasteiger partial charge < -0.3 is 33.8 Å². The van der Waals surface area contributed by atoms with Crippen LogP contribution in [0.4, 0.5) is 0 Å². The van der Waals surface area contributed by atoms with Crippen LogP contribution in [0, 0.1) is 0 Å². The van der Waals surface area contributed by atoms with Crippen LogP contribution in [0.3, 0.4) is 0 Å². The lowest BCUT2D eigenvalue weighted by molar-refractivity contribution is -0.214. The zero-order valence-electron chi connectivity index (χ0n) is 26.8. The Bertz CT molecular complexity index is 1430. The molecule has 0 saturated heterocycles. The summed E-state index contributed by atoms with van der Waals surface area (Å²) in [6, 6.07) is 24.1. The molecule has 3 rings (SSSR count). The van der Waals surface area contributed by atoms with E-state index >= 15 is 0 Å². The van der Waals surface area contributed by atoms with Crippen LogP contribution in [0.2, 0.25) is 0 Å². The number of nitrogens with one attached hydrogen (secondary N) is 1. The van der Waals surface area contributed by atoms with Gasteiger partial charge in [-0.2, -0.15) is 0 Å². The molecule has 0 aliphatic carbocycles. The lowest BCUT2D eigenvalue weighted by atomic mass is 10.2. The smallest absolute Gasteiger partial charge is 0.338 e. The standard InChI is InChI=1S/C36H41NO10/c1-25(38)15-13-14-22-43-36(26(2)37-27(3)39)47-32(24-45-34(41)29-18-9-5-10-19-29)31(46-35(42)30-20-11-6-12-21-30)23-44-33(40)28-16-7-4-8-17-28/h4-12,16-21,26,31-32,36H,13-15,22-24H2,1-3H3,(H,37,39)/t26-,31+,32?,36+/m0/s1. The summed E-state index contributed by atoms with van der Waals surface area (Å²) in [5.41, 5.74) is 0.793. The normalized spacial score (nSPS) is 13.3. The highest BCUT2D eigenvalue weighted by Crippen LogP contribution is 2.18. The number of carbonyl (C=O) groups is 5. The van der Waals surface area contributed by atoms with E-state index in [4.69, 9.17) is 23.7 Å². The van der Waals surface area contributed by atoms with E-state index in [0.29, 0.717) is 19.3 Å². The summed E-state index contributed by atoms with van der Waals surface area (Å²) in [4.78, 5) is 62.4. The summed E-state index contributed by atoms with van der Waals surface area (Å²) < 4.78 is 29.3. The van der Waals surface area contributed by atoms with Crippen molar-refractivity contribution in [2.45, 2.75) is 64.6 Å². The maximum Gasteiger partial charge on any atom is 0.338 e. The Kier molecular flexibility index (Phi) is 15.3. The van der Waals surface area contributed by atoms with Crippen LogP contribution < -0.4 is 5.32 Å². The number of hydrogen-bond acceptors (Lipinski definition) is 10. The zero-order chi connectivity index (χ0) is 34.0. The molecule has 0 heterocycles. The van der Waals surface area contributed by atoms with Crippen molar-refractivity contribution < 1.29 is 47.7 Å². The zero-order valence-corrected chi connectivity index (χ0v) is 26.8. The lowest BCUT2D eigenvalue weighted by Gasteiger charge is -2.32. The van der Waals surface area contributed by atoms with Gasteiger partial charge in [0.1, 0.15) is 25.1 Å². The molecule has 0 saturated carbocycles. The lowest BCUT2D eigenvalue weighted by Crippen LogP contribution is -2.49. The molecule has 0 radical (unpaired) electrons. The fourth-order valence-electron chi connectivity index (χ4n) is 4.40. The molecular weight excluding hydrogens is 606 g/mol. The van der Waals surface area contributed by atoms with E-state index in [0.717, 1.165) is 0 Å². The monoisotopic (exact) mass is 647 g/mol. The van der Waals surface area contributed by atoms with Crippen molar-refractivity contribution in [3.63, 3.8) is 0 Å². The van der Waals surface area contributed by atoms with Gasteiger partial charge in [-0.3, -0.25) is 4.79 Å². The van der Waals surface area contributed by atoms with Gasteiger partial charge in [-0.05, 0) is 63.1 Å². The third-order valence-electron chi connectivity index (χ3n) is 6.81. The highest BCUT2D eigenvalue weighted by Gasteiger charge is 2.34. The average molecular weight is 648 g/mol. The molecule has 1 unspecified atom stereocenters. The average Bonchev–Trinajstić information content (AvgIpc) is 3.07. The van der Waals surface area contributed by atoms with Crippen LogP contribution in [0.25, 0.3) is 0 Å². The minimum Gasteiger partial charge on any atom is -0.459 e. The van der Waals surface area contributed by atoms with E-state index < -0.39 is 55.7 Å². The summed E-state index contributed by atoms with van der Waals surface area (Å²) in [5.74, 6) is -2.35. The molecule has 11 heteroatoms. The first kappa shape index (κ1) is 36.6. The van der Waals surface area contributed by atoms with Crippen molar-refractivity contribution in [2.24, 2.45) is 0 Å². The van der Waals surface area contributed by atoms with Crippen LogP contribution in [0.15, 0.2) is 91.0 Å². The van der Waals surface area contributed by atoms with E-state index in [1.165, 1.54) is 13.8 Å². The first-order valence-corrected chi connectivity index (χ1v) is 15.4. The maximum atomic E-state index is 13.3. The SMILES string of the molecule is CC(=O)CCCCO[C@H](OC(COC(=O)c1ccccc1)[C@@H](COC(=O)c1ccccc1)OC(=O)c1ccccc1)[C@H](C)NC(C)=O. The van der Waals surface area contributed by atoms with Gasteiger partial charge in [0.05, 0.1) is 22.7 Å². The first-order chi connectivity index (χ1) is 22.6. The second kappa shape index (κ2) is 19.6. The Hall–Kier alpha value is -4.87. The second-order valence-corrected chi connectivity index (χ2v) is 10.8. The van der Waals surface area contributed by atoms with E-state index in [2.05, 4.69) is 5.32 Å². The Balaban J connectivity index is 1.91. The fraction of sp³-hybridized carbons (Fsp3) is 0.361. The van der Waals surface area contributed by atoms with Crippen LogP contribution >= 0.6 is 0 Å². The molecule has 0 aromatic heterocycles. The summed E-state index contributed by atoms with van der Waals surface area (Å²) in [5, 5.41) is 2.73. The van der Waals surface area contributed by atoms with Crippen molar-refractivity contribution in [1.82, 2.24) is 5.32 Å². The molecule has 0 bridgehead atoms. The first-order valence-electron chi connectivity index (χ1n) is 15.4. The van der Waals surface area contributed by atoms with Gasteiger partial charge in [-0.15, -0.1) is 0 Å². The molecule has 11 nitrogen and oxygen atoms in total. The predicted octanol–water partition coefficient (Wildman–Crippen LogP) is 4.94. The molecule has 47 heavy (non-hydrogen) atoms. The van der Waals surface area contributed by atoms with Crippen LogP contribution in [-0.4, -0.2) is 74.0 Å². The van der Waals surface area contributed by atoms with Gasteiger partial charge in [-0.1, -0.05) is 54.6 Å². The van der Waals surface area contributed by atoms with Gasteiger partial charge in [-0.25, -0.2) is 14.4 Å². The summed E-state index contributed by atoms with van der Waals surface area (Å²) in [6.07, 6.45) is -2.12. The maximum absolute atomic E-state index is 13.3. The van der Waals surface area contributed by atoms with Crippen molar-refractivity contribution in [3.05, 3.63) is 108 Å². The number of hydrogen-bond donors (Lipinski definition) is 1. The van der Waals surface area contributed by atoms with E-state index in [9.17, 15) is 24.0 Å². The van der Waals surface area contributed by atoms with Gasteiger partial charge in [0, 0.05) is 20.0 Å². The highest BCUT2D eigenvalue weighted by atomic mass is 16.7. The fourth-order valence-corrected chi connectivity index (χ4v) is 4.40. The van der Waals surface area contributed by atoms with Crippen LogP contribution in [-0.2, 0) is 33.3 Å². The molecule has 3 aromatic carbocycles. The number of ketones is 1. The molecule has 0 aliphatic heterocycles. The highest BCUT2D eigenvalue weighted by molar-refractivity contribution is 5.90. The Morgan fingerprint density at radius 3 is 1.57 bits per heavy atom. The number of rotatable bonds is 19. The quantitative estimate of drug-likeness (QED) is 0.0823. The van der Waals surface area contributed by atoms with Crippen molar-refractivity contribution in [3.8, 4) is 0 Å². The predicted molar refractivity (Wildman–Crippen MR) is 172 cm³/mol. The third-order valence-corrected chi connectivity index (χ3v) is 6.81. The third kappa shape index (κ3) is 13.2. The van der Waals surface area contributed by atoms with Gasteiger partial charge in [0.25, 0.3) is 0 Å². The van der Waals surface area contributed by atoms with Crippen molar-refractivity contribution in [2.75, 3.05) is 19.8 Å². The molecule has 1 amide bonds. The van der Waals surface area contributed by atoms with E-state index in [1.807, 2.05) is 0 Å². The molecule has 1 N–H and O–H groups in total. The molecular formula is C36H41NO10. The van der Waals surface area contributed by atoms with Gasteiger partial charge >= 0.3 is 17.9 Å². The number of unbranched alkanes of at least 4 members (excludes halogenated alkanes) is 1. The van der Waals surface area contributed by atoms with Crippen molar-refractivity contribution >= 4 is 29.6 Å². The molecule has 3 aromatic rings. The van der Waals surface area contributed by atoms with Gasteiger partial charge in [0.15, 0.2) is 12.4 Å². The number of Topliss-reactive ketones (excluding diaryl/α,β-unsaturated/α-hetero) is 1. The van der Waals surface area contributed by atoms with E-state index in [-0.39, 0.29) is 35.0 Å². The number of carbonyl (C=O) groups excluding carboxylic acids is 5. The van der Waals surface area contributed by atoms with Crippen molar-refractivity contribution in [1.29, 1.82) is 0 Å². The largest absolute Gasteiger partial charge is 0.459 e. The minimum atomic E-state index is -1.28. The van der Waals surface area contributed by atoms with Crippen LogP contribution in [0.1, 0.15) is 71.1 Å². The summed E-state index contributed by atoms with van der Waals surface area (Å²) in [6.45, 7) is 3.80. The summed E-state index contributed by atoms with van der Waals surface area (Å²) in [7, 11) is 0. The Morgan fingerprint density at radius 2 is 1.11 bits per heavy atom. The molecule has 4 atom stereocenters. The van der Waals surface area contributed by atoms with Crippen LogP contribution in [0.5, 0.6) is 0 Å². The van der Waals surface area contributed by atoms with E-state index in [1.54, 1.807) is 97.9 Å². The number of ether oxygens (including phenoxy) is 5. The second-order valence-electron chi connectivity index (χ2n) is 10.8.